The number of nitrogens with zero attached hydrogens (tertiary/aromatic N) is 4. The van der Waals surface area contributed by atoms with Gasteiger partial charge in [-0.05, 0) is 106 Å². The molecule has 6 aromatic rings. The molecular weight excluding hydrogens is 524 g/mol. The molecule has 206 valence electrons. The summed E-state index contributed by atoms with van der Waals surface area (Å²) in [5, 5.41) is 0. The molecule has 3 aromatic carbocycles. The van der Waals surface area contributed by atoms with Gasteiger partial charge in [-0.25, -0.2) is 0 Å². The summed E-state index contributed by atoms with van der Waals surface area (Å²) in [6, 6.07) is 34.4. The molecule has 0 amide bonds. The average Bonchev–Trinajstić information content (AvgIpc) is 3.09. The number of hydrogen-bond donors (Lipinski definition) is 0. The van der Waals surface area contributed by atoms with Gasteiger partial charge >= 0.3 is 0 Å². The molecule has 0 bridgehead atoms. The minimum atomic E-state index is 0.783. The molecular formula is C39H30N4. The maximum Gasteiger partial charge on any atom is 0.0346 e. The summed E-state index contributed by atoms with van der Waals surface area (Å²) < 4.78 is 0. The summed E-state index contributed by atoms with van der Waals surface area (Å²) in [4.78, 5) is 17.1. The van der Waals surface area contributed by atoms with E-state index in [1.165, 1.54) is 11.8 Å². The monoisotopic (exact) mass is 554 g/mol. The van der Waals surface area contributed by atoms with Crippen molar-refractivity contribution >= 4 is 6.21 Å². The van der Waals surface area contributed by atoms with Crippen LogP contribution in [-0.4, -0.2) is 21.2 Å². The molecule has 0 aliphatic carbocycles. The summed E-state index contributed by atoms with van der Waals surface area (Å²) >= 11 is 0. The second-order valence-corrected chi connectivity index (χ2v) is 10.1. The second kappa shape index (κ2) is 13.3. The zero-order chi connectivity index (χ0) is 29.3. The van der Waals surface area contributed by atoms with E-state index in [-0.39, 0.29) is 0 Å². The van der Waals surface area contributed by atoms with Gasteiger partial charge in [0.1, 0.15) is 0 Å². The number of benzene rings is 3. The maximum absolute atomic E-state index is 4.36. The number of aliphatic imine (C=N–C) groups is 1. The van der Waals surface area contributed by atoms with Crippen molar-refractivity contribution in [3.8, 4) is 55.6 Å². The van der Waals surface area contributed by atoms with Crippen LogP contribution in [0, 0.1) is 0 Å². The largest absolute Gasteiger partial charge is 0.265 e. The Kier molecular flexibility index (Phi) is 8.47. The van der Waals surface area contributed by atoms with Crippen LogP contribution in [0.15, 0.2) is 164 Å². The van der Waals surface area contributed by atoms with Gasteiger partial charge in [-0.1, -0.05) is 61.2 Å². The van der Waals surface area contributed by atoms with Gasteiger partial charge in [-0.15, -0.1) is 0 Å². The van der Waals surface area contributed by atoms with Crippen LogP contribution in [-0.2, 0) is 6.42 Å². The van der Waals surface area contributed by atoms with Crippen molar-refractivity contribution in [3.05, 3.63) is 165 Å². The molecule has 4 nitrogen and oxygen atoms in total. The van der Waals surface area contributed by atoms with Gasteiger partial charge in [0, 0.05) is 66.3 Å². The van der Waals surface area contributed by atoms with Gasteiger partial charge in [0.15, 0.2) is 0 Å². The number of allylic oxidation sites excluding steroid dienone is 2. The minimum absolute atomic E-state index is 0.783. The first-order valence-electron chi connectivity index (χ1n) is 14.2. The summed E-state index contributed by atoms with van der Waals surface area (Å²) in [6.07, 6.45) is 19.3. The van der Waals surface area contributed by atoms with E-state index in [1.807, 2.05) is 42.9 Å². The number of rotatable bonds is 9. The Morgan fingerprint density at radius 3 is 1.40 bits per heavy atom. The number of aromatic nitrogens is 3. The molecule has 0 spiro atoms. The third kappa shape index (κ3) is 6.77. The van der Waals surface area contributed by atoms with Crippen molar-refractivity contribution in [2.75, 3.05) is 0 Å². The van der Waals surface area contributed by atoms with E-state index in [0.29, 0.717) is 0 Å². The molecule has 3 aromatic heterocycles. The van der Waals surface area contributed by atoms with Crippen LogP contribution in [0.3, 0.4) is 0 Å². The highest BCUT2D eigenvalue weighted by Gasteiger charge is 2.10. The van der Waals surface area contributed by atoms with Crippen molar-refractivity contribution in [1.29, 1.82) is 0 Å². The summed E-state index contributed by atoms with van der Waals surface area (Å²) in [5.74, 6) is 0. The Morgan fingerprint density at radius 2 is 0.930 bits per heavy atom. The van der Waals surface area contributed by atoms with Crippen LogP contribution in [0.4, 0.5) is 0 Å². The molecule has 0 saturated heterocycles. The Bertz CT molecular complexity index is 1840. The maximum atomic E-state index is 4.36. The van der Waals surface area contributed by atoms with Gasteiger partial charge in [0.25, 0.3) is 0 Å². The van der Waals surface area contributed by atoms with Crippen molar-refractivity contribution in [1.82, 2.24) is 15.0 Å². The molecule has 6 rings (SSSR count). The van der Waals surface area contributed by atoms with Crippen LogP contribution in [0.25, 0.3) is 55.6 Å². The van der Waals surface area contributed by atoms with Crippen LogP contribution < -0.4 is 0 Å². The third-order valence-electron chi connectivity index (χ3n) is 7.21. The fraction of sp³-hybridized carbons (Fsp3) is 0.0256. The molecule has 43 heavy (non-hydrogen) atoms. The van der Waals surface area contributed by atoms with E-state index in [2.05, 4.69) is 111 Å². The molecule has 0 aliphatic rings. The Morgan fingerprint density at radius 1 is 0.512 bits per heavy atom. The lowest BCUT2D eigenvalue weighted by molar-refractivity contribution is 1.27. The van der Waals surface area contributed by atoms with Gasteiger partial charge in [-0.2, -0.15) is 0 Å². The molecule has 0 aliphatic heterocycles. The van der Waals surface area contributed by atoms with Crippen molar-refractivity contribution in [2.45, 2.75) is 6.42 Å². The SMILES string of the molecule is C=CN=C/C=C\Cc1cc(-c2cccnc2)cc(-c2cccc(-c3cc(-c4cccnc4)cc(-c4cccnc4)c3)c2)c1. The zero-order valence-corrected chi connectivity index (χ0v) is 23.7. The second-order valence-electron chi connectivity index (χ2n) is 10.1. The van der Waals surface area contributed by atoms with Gasteiger partial charge in [0.2, 0.25) is 0 Å². The first-order chi connectivity index (χ1) is 21.3. The van der Waals surface area contributed by atoms with Crippen molar-refractivity contribution in [3.63, 3.8) is 0 Å². The first kappa shape index (κ1) is 27.4. The molecule has 3 heterocycles. The topological polar surface area (TPSA) is 51.0 Å². The van der Waals surface area contributed by atoms with Crippen molar-refractivity contribution in [2.24, 2.45) is 4.99 Å². The lowest BCUT2D eigenvalue weighted by Gasteiger charge is -2.13. The van der Waals surface area contributed by atoms with E-state index < -0.39 is 0 Å². The molecule has 0 atom stereocenters. The van der Waals surface area contributed by atoms with E-state index in [0.717, 1.165) is 62.1 Å². The smallest absolute Gasteiger partial charge is 0.0346 e. The first-order valence-corrected chi connectivity index (χ1v) is 14.2. The Balaban J connectivity index is 1.44. The highest BCUT2D eigenvalue weighted by molar-refractivity contribution is 5.83. The summed E-state index contributed by atoms with van der Waals surface area (Å²) in [7, 11) is 0. The minimum Gasteiger partial charge on any atom is -0.265 e. The molecule has 0 fully saturated rings. The average molecular weight is 555 g/mol. The van der Waals surface area contributed by atoms with E-state index in [4.69, 9.17) is 0 Å². The lowest BCUT2D eigenvalue weighted by Crippen LogP contribution is -1.90. The fourth-order valence-electron chi connectivity index (χ4n) is 5.13. The third-order valence-corrected chi connectivity index (χ3v) is 7.21. The highest BCUT2D eigenvalue weighted by Crippen LogP contribution is 2.35. The predicted octanol–water partition coefficient (Wildman–Crippen LogP) is 9.52. The van der Waals surface area contributed by atoms with E-state index in [9.17, 15) is 0 Å². The van der Waals surface area contributed by atoms with Crippen LogP contribution >= 0.6 is 0 Å². The molecule has 0 radical (unpaired) electrons. The Labute approximate surface area is 252 Å². The van der Waals surface area contributed by atoms with Gasteiger partial charge in [-0.3, -0.25) is 19.9 Å². The summed E-state index contributed by atoms with van der Waals surface area (Å²) in [5.41, 5.74) is 12.4. The predicted molar refractivity (Wildman–Crippen MR) is 179 cm³/mol. The fourth-order valence-corrected chi connectivity index (χ4v) is 5.13. The molecule has 0 N–H and O–H groups in total. The molecule has 4 heteroatoms. The van der Waals surface area contributed by atoms with Gasteiger partial charge < -0.3 is 0 Å². The van der Waals surface area contributed by atoms with E-state index in [1.54, 1.807) is 24.8 Å². The van der Waals surface area contributed by atoms with E-state index >= 15 is 0 Å². The standard InChI is InChI=1S/C39H30N4/c1-2-40-15-4-3-9-29-19-35(22-36(20-29)32-12-6-16-41-26-32)30-10-5-11-31(21-30)37-23-38(33-13-7-17-42-27-33)25-39(24-37)34-14-8-18-43-28-34/h2-8,10-28H,1,9H2/b4-3-,40-15?. The summed E-state index contributed by atoms with van der Waals surface area (Å²) in [6.45, 7) is 3.63. The van der Waals surface area contributed by atoms with Crippen LogP contribution in [0.2, 0.25) is 0 Å². The zero-order valence-electron chi connectivity index (χ0n) is 23.7. The number of pyridine rings is 3. The van der Waals surface area contributed by atoms with Crippen LogP contribution in [0.1, 0.15) is 5.56 Å². The van der Waals surface area contributed by atoms with Crippen molar-refractivity contribution < 1.29 is 0 Å². The quantitative estimate of drug-likeness (QED) is 0.167. The lowest BCUT2D eigenvalue weighted by atomic mass is 9.91. The Hall–Kier alpha value is -5.74. The molecule has 0 unspecified atom stereocenters. The van der Waals surface area contributed by atoms with Gasteiger partial charge in [0.05, 0.1) is 0 Å². The number of hydrogen-bond acceptors (Lipinski definition) is 4. The van der Waals surface area contributed by atoms with Crippen LogP contribution in [0.5, 0.6) is 0 Å². The highest BCUT2D eigenvalue weighted by atomic mass is 14.6. The molecule has 0 saturated carbocycles. The normalized spacial score (nSPS) is 11.3.